The molecule has 0 amide bonds. The molecule has 1 aromatic heterocycles. The predicted molar refractivity (Wildman–Crippen MR) is 55.4 cm³/mol. The lowest BCUT2D eigenvalue weighted by molar-refractivity contribution is 0.661. The summed E-state index contributed by atoms with van der Waals surface area (Å²) in [7, 11) is 0. The van der Waals surface area contributed by atoms with Crippen LogP contribution in [0.15, 0.2) is 4.79 Å². The van der Waals surface area contributed by atoms with Crippen LogP contribution in [0.5, 0.6) is 0 Å². The maximum atomic E-state index is 11.7. The fourth-order valence-corrected chi connectivity index (χ4v) is 1.89. The van der Waals surface area contributed by atoms with Crippen LogP contribution in [0, 0.1) is 4.77 Å². The molecule has 5 nitrogen and oxygen atoms in total. The van der Waals surface area contributed by atoms with Gasteiger partial charge in [-0.25, -0.2) is 0 Å². The van der Waals surface area contributed by atoms with Gasteiger partial charge in [0.25, 0.3) is 5.56 Å². The summed E-state index contributed by atoms with van der Waals surface area (Å²) >= 11 is 10.7. The number of nitrogens with two attached hydrogens (primary N) is 1. The van der Waals surface area contributed by atoms with Crippen molar-refractivity contribution in [2.75, 3.05) is 5.84 Å². The third-order valence-electron chi connectivity index (χ3n) is 2.58. The van der Waals surface area contributed by atoms with E-state index in [9.17, 15) is 4.79 Å². The number of alkyl halides is 1. The summed E-state index contributed by atoms with van der Waals surface area (Å²) in [4.78, 5) is 11.7. The second-order valence-corrected chi connectivity index (χ2v) is 4.56. The fraction of sp³-hybridized carbons (Fsp3) is 0.571. The SMILES string of the molecule is CC1(c2n[nH]c(=S)n(N)c2=O)CC1Cl. The van der Waals surface area contributed by atoms with Gasteiger partial charge in [-0.15, -0.1) is 11.6 Å². The molecule has 1 fully saturated rings. The Hall–Kier alpha value is -0.880. The molecule has 1 heterocycles. The molecule has 1 aromatic rings. The molecule has 0 spiro atoms. The molecule has 7 heteroatoms. The zero-order valence-electron chi connectivity index (χ0n) is 7.45. The Morgan fingerprint density at radius 1 is 1.86 bits per heavy atom. The van der Waals surface area contributed by atoms with Crippen molar-refractivity contribution in [3.8, 4) is 0 Å². The van der Waals surface area contributed by atoms with E-state index >= 15 is 0 Å². The highest BCUT2D eigenvalue weighted by molar-refractivity contribution is 7.71. The molecule has 0 aliphatic heterocycles. The van der Waals surface area contributed by atoms with E-state index in [1.807, 2.05) is 6.92 Å². The van der Waals surface area contributed by atoms with Gasteiger partial charge in [0.05, 0.1) is 0 Å². The van der Waals surface area contributed by atoms with Crippen LogP contribution in [0.4, 0.5) is 0 Å². The Morgan fingerprint density at radius 2 is 2.43 bits per heavy atom. The molecular formula is C7H9ClN4OS. The molecule has 0 aromatic carbocycles. The van der Waals surface area contributed by atoms with Crippen molar-refractivity contribution in [3.05, 3.63) is 20.8 Å². The lowest BCUT2D eigenvalue weighted by atomic mass is 10.1. The van der Waals surface area contributed by atoms with Crippen molar-refractivity contribution in [3.63, 3.8) is 0 Å². The molecule has 2 atom stereocenters. The second-order valence-electron chi connectivity index (χ2n) is 3.64. The summed E-state index contributed by atoms with van der Waals surface area (Å²) < 4.78 is 0.985. The molecule has 2 unspecified atom stereocenters. The van der Waals surface area contributed by atoms with Gasteiger partial charge in [0.15, 0.2) is 0 Å². The number of nitrogens with zero attached hydrogens (tertiary/aromatic N) is 2. The minimum atomic E-state index is -0.376. The van der Waals surface area contributed by atoms with Crippen molar-refractivity contribution in [2.45, 2.75) is 24.1 Å². The van der Waals surface area contributed by atoms with Crippen LogP contribution < -0.4 is 11.4 Å². The highest BCUT2D eigenvalue weighted by Crippen LogP contribution is 2.49. The van der Waals surface area contributed by atoms with E-state index in [2.05, 4.69) is 10.2 Å². The third-order valence-corrected chi connectivity index (χ3v) is 3.50. The molecule has 0 radical (unpaired) electrons. The van der Waals surface area contributed by atoms with Gasteiger partial charge in [-0.05, 0) is 18.6 Å². The standard InChI is InChI=1S/C7H9ClN4OS/c1-7(2-3(7)8)4-5(13)12(9)6(14)11-10-4/h3H,2,9H2,1H3,(H,11,14). The molecule has 2 rings (SSSR count). The van der Waals surface area contributed by atoms with Gasteiger partial charge in [-0.1, -0.05) is 6.92 Å². The van der Waals surface area contributed by atoms with Crippen LogP contribution in [-0.2, 0) is 5.41 Å². The number of aromatic amines is 1. The number of rotatable bonds is 1. The van der Waals surface area contributed by atoms with Gasteiger partial charge in [0.2, 0.25) is 4.77 Å². The molecular weight excluding hydrogens is 224 g/mol. The summed E-state index contributed by atoms with van der Waals surface area (Å²) in [6.07, 6.45) is 0.738. The summed E-state index contributed by atoms with van der Waals surface area (Å²) in [6.45, 7) is 1.88. The predicted octanol–water partition coefficient (Wildman–Crippen LogP) is 0.283. The Kier molecular flexibility index (Phi) is 1.94. The fourth-order valence-electron chi connectivity index (χ4n) is 1.34. The van der Waals surface area contributed by atoms with Crippen molar-refractivity contribution in [1.82, 2.24) is 14.9 Å². The Balaban J connectivity index is 2.63. The van der Waals surface area contributed by atoms with E-state index in [0.717, 1.165) is 11.1 Å². The third kappa shape index (κ3) is 1.18. The van der Waals surface area contributed by atoms with Gasteiger partial charge in [0, 0.05) is 10.8 Å². The monoisotopic (exact) mass is 232 g/mol. The van der Waals surface area contributed by atoms with Crippen LogP contribution in [0.3, 0.4) is 0 Å². The van der Waals surface area contributed by atoms with E-state index in [4.69, 9.17) is 29.7 Å². The van der Waals surface area contributed by atoms with Gasteiger partial charge in [0.1, 0.15) is 5.69 Å². The summed E-state index contributed by atoms with van der Waals surface area (Å²) in [6, 6.07) is 0. The molecule has 1 saturated carbocycles. The van der Waals surface area contributed by atoms with Gasteiger partial charge in [-0.2, -0.15) is 9.77 Å². The van der Waals surface area contributed by atoms with E-state index in [0.29, 0.717) is 5.69 Å². The lowest BCUT2D eigenvalue weighted by Crippen LogP contribution is -2.35. The minimum Gasteiger partial charge on any atom is -0.334 e. The largest absolute Gasteiger partial charge is 0.334 e. The number of hydrogen-bond donors (Lipinski definition) is 2. The number of nitrogen functional groups attached to an aromatic ring is 1. The Morgan fingerprint density at radius 3 is 2.93 bits per heavy atom. The second kappa shape index (κ2) is 2.80. The average molecular weight is 233 g/mol. The average Bonchev–Trinajstić information content (AvgIpc) is 2.71. The summed E-state index contributed by atoms with van der Waals surface area (Å²) in [5.41, 5.74) is -0.382. The molecule has 0 bridgehead atoms. The molecule has 76 valence electrons. The zero-order valence-corrected chi connectivity index (χ0v) is 9.02. The number of aromatic nitrogens is 3. The first kappa shape index (κ1) is 9.67. The normalized spacial score (nSPS) is 30.3. The van der Waals surface area contributed by atoms with E-state index < -0.39 is 0 Å². The maximum Gasteiger partial charge on any atom is 0.295 e. The highest BCUT2D eigenvalue weighted by atomic mass is 35.5. The van der Waals surface area contributed by atoms with Crippen LogP contribution in [0.2, 0.25) is 0 Å². The molecule has 0 saturated heterocycles. The van der Waals surface area contributed by atoms with Gasteiger partial charge >= 0.3 is 0 Å². The van der Waals surface area contributed by atoms with Crippen molar-refractivity contribution >= 4 is 23.8 Å². The number of H-pyrrole nitrogens is 1. The van der Waals surface area contributed by atoms with Crippen molar-refractivity contribution < 1.29 is 0 Å². The number of halogens is 1. The van der Waals surface area contributed by atoms with E-state index in [1.165, 1.54) is 0 Å². The van der Waals surface area contributed by atoms with E-state index in [1.54, 1.807) is 0 Å². The van der Waals surface area contributed by atoms with Crippen LogP contribution in [-0.4, -0.2) is 20.3 Å². The Bertz CT molecular complexity index is 495. The van der Waals surface area contributed by atoms with Crippen LogP contribution >= 0.6 is 23.8 Å². The highest BCUT2D eigenvalue weighted by Gasteiger charge is 2.53. The smallest absolute Gasteiger partial charge is 0.295 e. The lowest BCUT2D eigenvalue weighted by Gasteiger charge is -2.07. The van der Waals surface area contributed by atoms with Crippen LogP contribution in [0.1, 0.15) is 19.0 Å². The Labute approximate surface area is 89.9 Å². The molecule has 1 aliphatic carbocycles. The summed E-state index contributed by atoms with van der Waals surface area (Å²) in [5, 5.41) is 6.37. The zero-order chi connectivity index (χ0) is 10.5. The molecule has 1 aliphatic rings. The van der Waals surface area contributed by atoms with Gasteiger partial charge < -0.3 is 5.84 Å². The topological polar surface area (TPSA) is 76.7 Å². The number of hydrogen-bond acceptors (Lipinski definition) is 4. The van der Waals surface area contributed by atoms with Crippen molar-refractivity contribution in [2.24, 2.45) is 0 Å². The quantitative estimate of drug-likeness (QED) is 0.414. The number of nitrogens with one attached hydrogen (secondary N) is 1. The maximum absolute atomic E-state index is 11.7. The first-order chi connectivity index (χ1) is 6.47. The first-order valence-corrected chi connectivity index (χ1v) is 4.92. The first-order valence-electron chi connectivity index (χ1n) is 4.08. The van der Waals surface area contributed by atoms with Crippen LogP contribution in [0.25, 0.3) is 0 Å². The van der Waals surface area contributed by atoms with Gasteiger partial charge in [-0.3, -0.25) is 9.89 Å². The summed E-state index contributed by atoms with van der Waals surface area (Å²) in [5.74, 6) is 5.44. The van der Waals surface area contributed by atoms with E-state index in [-0.39, 0.29) is 21.1 Å². The molecule has 14 heavy (non-hydrogen) atoms. The van der Waals surface area contributed by atoms with Crippen molar-refractivity contribution in [1.29, 1.82) is 0 Å². The minimum absolute atomic E-state index is 0.0490. The molecule has 3 N–H and O–H groups in total.